The molecule has 3 heterocycles. The smallest absolute Gasteiger partial charge is 0.185 e. The number of aromatic nitrogens is 3. The Morgan fingerprint density at radius 3 is 2.76 bits per heavy atom. The van der Waals surface area contributed by atoms with Gasteiger partial charge in [0.1, 0.15) is 30.6 Å². The summed E-state index contributed by atoms with van der Waals surface area (Å²) in [6.07, 6.45) is 0.985. The summed E-state index contributed by atoms with van der Waals surface area (Å²) in [5, 5.41) is 4.35. The molecule has 2 unspecified atom stereocenters. The van der Waals surface area contributed by atoms with Gasteiger partial charge in [-0.1, -0.05) is 24.3 Å². The Morgan fingerprint density at radius 2 is 2.03 bits per heavy atom. The van der Waals surface area contributed by atoms with E-state index in [9.17, 15) is 9.18 Å². The molecule has 0 amide bonds. The summed E-state index contributed by atoms with van der Waals surface area (Å²) in [7, 11) is 4.05. The van der Waals surface area contributed by atoms with E-state index < -0.39 is 17.8 Å². The summed E-state index contributed by atoms with van der Waals surface area (Å²) in [4.78, 5) is 30.1. The maximum Gasteiger partial charge on any atom is 0.185 e. The van der Waals surface area contributed by atoms with Gasteiger partial charge in [0.2, 0.25) is 0 Å². The van der Waals surface area contributed by atoms with Crippen LogP contribution in [0.3, 0.4) is 0 Å². The van der Waals surface area contributed by atoms with Crippen LogP contribution >= 0.6 is 0 Å². The Kier molecular flexibility index (Phi) is 5.51. The molecule has 0 fully saturated rings. The molecular weight excluding hydrogens is 423 g/mol. The maximum absolute atomic E-state index is 14.3. The van der Waals surface area contributed by atoms with E-state index in [0.29, 0.717) is 34.9 Å². The first-order chi connectivity index (χ1) is 16.0. The minimum atomic E-state index is -0.525. The fourth-order valence-electron chi connectivity index (χ4n) is 4.55. The van der Waals surface area contributed by atoms with Gasteiger partial charge in [-0.2, -0.15) is 5.10 Å². The summed E-state index contributed by atoms with van der Waals surface area (Å²) in [6.45, 7) is 3.38. The van der Waals surface area contributed by atoms with Crippen LogP contribution in [0.2, 0.25) is 0 Å². The van der Waals surface area contributed by atoms with Crippen molar-refractivity contribution in [2.75, 3.05) is 26.1 Å². The lowest BCUT2D eigenvalue weighted by atomic mass is 9.83. The highest BCUT2D eigenvalue weighted by molar-refractivity contribution is 6.20. The van der Waals surface area contributed by atoms with Crippen molar-refractivity contribution in [3.8, 4) is 0 Å². The second-order valence-electron chi connectivity index (χ2n) is 8.53. The van der Waals surface area contributed by atoms with Crippen molar-refractivity contribution in [3.63, 3.8) is 0 Å². The SMILES string of the molecule is CCn1ncnc1C1C2=NCC(=O)c3cc(F)cc(c32)NOC1c1ccc(CN(C)C)cc1. The highest BCUT2D eigenvalue weighted by atomic mass is 19.1. The van der Waals surface area contributed by atoms with Gasteiger partial charge >= 0.3 is 0 Å². The summed E-state index contributed by atoms with van der Waals surface area (Å²) in [6, 6.07) is 10.8. The number of aryl methyl sites for hydroxylation is 1. The average Bonchev–Trinajstić information content (AvgIpc) is 3.20. The fraction of sp³-hybridized carbons (Fsp3) is 0.333. The Labute approximate surface area is 191 Å². The number of aliphatic imine (C=N–C) groups is 1. The number of nitrogens with zero attached hydrogens (tertiary/aromatic N) is 5. The molecule has 9 heteroatoms. The molecule has 2 aromatic carbocycles. The molecule has 2 atom stereocenters. The van der Waals surface area contributed by atoms with Gasteiger partial charge in [-0.3, -0.25) is 20.1 Å². The molecule has 0 spiro atoms. The lowest BCUT2D eigenvalue weighted by Gasteiger charge is -2.27. The van der Waals surface area contributed by atoms with Crippen LogP contribution in [-0.4, -0.2) is 51.8 Å². The number of carbonyl (C=O) groups excluding carboxylic acids is 1. The predicted molar refractivity (Wildman–Crippen MR) is 122 cm³/mol. The van der Waals surface area contributed by atoms with E-state index in [-0.39, 0.29) is 12.3 Å². The number of Topliss-reactive ketones (excluding diaryl/α,β-unsaturated/α-hetero) is 1. The van der Waals surface area contributed by atoms with Crippen LogP contribution in [0.25, 0.3) is 0 Å². The number of ketones is 1. The monoisotopic (exact) mass is 448 g/mol. The first-order valence-corrected chi connectivity index (χ1v) is 10.9. The zero-order chi connectivity index (χ0) is 23.1. The fourth-order valence-corrected chi connectivity index (χ4v) is 4.55. The van der Waals surface area contributed by atoms with Gasteiger partial charge in [-0.05, 0) is 44.3 Å². The van der Waals surface area contributed by atoms with Crippen LogP contribution in [0.1, 0.15) is 51.8 Å². The highest BCUT2D eigenvalue weighted by Crippen LogP contribution is 2.43. The van der Waals surface area contributed by atoms with E-state index in [2.05, 4.69) is 37.6 Å². The van der Waals surface area contributed by atoms with Gasteiger partial charge in [-0.15, -0.1) is 0 Å². The Morgan fingerprint density at radius 1 is 1.24 bits per heavy atom. The van der Waals surface area contributed by atoms with Crippen molar-refractivity contribution >= 4 is 17.2 Å². The van der Waals surface area contributed by atoms with Gasteiger partial charge in [-0.25, -0.2) is 14.1 Å². The second-order valence-corrected chi connectivity index (χ2v) is 8.53. The molecule has 0 saturated heterocycles. The number of benzene rings is 2. The standard InChI is InChI=1S/C24H25FN6O2/c1-4-31-24(27-13-28-31)21-22-20-17(19(32)11-26-22)9-16(25)10-18(20)29-33-23(21)15-7-5-14(6-8-15)12-30(2)3/h5-10,13,21,23,29H,4,11-12H2,1-3H3. The number of hydrogen-bond acceptors (Lipinski definition) is 7. The van der Waals surface area contributed by atoms with E-state index in [0.717, 1.165) is 12.1 Å². The molecule has 170 valence electrons. The molecule has 1 N–H and O–H groups in total. The van der Waals surface area contributed by atoms with E-state index in [4.69, 9.17) is 4.84 Å². The van der Waals surface area contributed by atoms with Gasteiger partial charge < -0.3 is 4.90 Å². The van der Waals surface area contributed by atoms with E-state index >= 15 is 0 Å². The first kappa shape index (κ1) is 21.4. The molecule has 8 nitrogen and oxygen atoms in total. The van der Waals surface area contributed by atoms with Gasteiger partial charge in [0.15, 0.2) is 5.78 Å². The Hall–Kier alpha value is -3.43. The molecule has 2 aliphatic rings. The van der Waals surface area contributed by atoms with Crippen molar-refractivity contribution in [1.82, 2.24) is 19.7 Å². The van der Waals surface area contributed by atoms with Crippen LogP contribution < -0.4 is 5.48 Å². The summed E-state index contributed by atoms with van der Waals surface area (Å²) in [5.74, 6) is -0.496. The van der Waals surface area contributed by atoms with Crippen molar-refractivity contribution in [2.24, 2.45) is 4.99 Å². The van der Waals surface area contributed by atoms with Crippen LogP contribution in [0, 0.1) is 5.82 Å². The summed E-state index contributed by atoms with van der Waals surface area (Å²) in [5.41, 5.74) is 6.90. The van der Waals surface area contributed by atoms with E-state index in [1.165, 1.54) is 24.0 Å². The molecule has 0 bridgehead atoms. The van der Waals surface area contributed by atoms with Crippen LogP contribution in [-0.2, 0) is 17.9 Å². The normalized spacial score (nSPS) is 19.7. The molecule has 5 rings (SSSR count). The van der Waals surface area contributed by atoms with Gasteiger partial charge in [0.05, 0.1) is 17.3 Å². The number of anilines is 1. The largest absolute Gasteiger partial charge is 0.305 e. The molecule has 0 radical (unpaired) electrons. The van der Waals surface area contributed by atoms with Crippen LogP contribution in [0.15, 0.2) is 47.7 Å². The molecular formula is C24H25FN6O2. The zero-order valence-corrected chi connectivity index (χ0v) is 18.7. The topological polar surface area (TPSA) is 84.6 Å². The van der Waals surface area contributed by atoms with Gasteiger partial charge in [0.25, 0.3) is 0 Å². The van der Waals surface area contributed by atoms with E-state index in [1.807, 2.05) is 33.2 Å². The molecule has 0 aliphatic carbocycles. The first-order valence-electron chi connectivity index (χ1n) is 10.9. The minimum absolute atomic E-state index is 0.0452. The van der Waals surface area contributed by atoms with Gasteiger partial charge in [0, 0.05) is 24.2 Å². The molecule has 2 aliphatic heterocycles. The number of nitrogens with one attached hydrogen (secondary N) is 1. The van der Waals surface area contributed by atoms with Crippen molar-refractivity contribution in [2.45, 2.75) is 32.0 Å². The van der Waals surface area contributed by atoms with Crippen molar-refractivity contribution in [3.05, 3.63) is 76.6 Å². The third kappa shape index (κ3) is 3.83. The quantitative estimate of drug-likeness (QED) is 0.644. The number of carbonyl (C=O) groups is 1. The molecule has 33 heavy (non-hydrogen) atoms. The second kappa shape index (κ2) is 8.49. The Bertz CT molecular complexity index is 1230. The van der Waals surface area contributed by atoms with Crippen molar-refractivity contribution in [1.29, 1.82) is 0 Å². The number of halogens is 1. The van der Waals surface area contributed by atoms with Crippen LogP contribution in [0.5, 0.6) is 0 Å². The summed E-state index contributed by atoms with van der Waals surface area (Å²) < 4.78 is 16.1. The number of hydrogen-bond donors (Lipinski definition) is 1. The molecule has 1 aromatic heterocycles. The zero-order valence-electron chi connectivity index (χ0n) is 18.7. The van der Waals surface area contributed by atoms with Crippen molar-refractivity contribution < 1.29 is 14.0 Å². The molecule has 0 saturated carbocycles. The third-order valence-corrected chi connectivity index (χ3v) is 5.98. The highest BCUT2D eigenvalue weighted by Gasteiger charge is 2.41. The third-order valence-electron chi connectivity index (χ3n) is 5.98. The van der Waals surface area contributed by atoms with Crippen LogP contribution in [0.4, 0.5) is 10.1 Å². The molecule has 3 aromatic rings. The number of rotatable bonds is 5. The predicted octanol–water partition coefficient (Wildman–Crippen LogP) is 3.37. The lowest BCUT2D eigenvalue weighted by Crippen LogP contribution is -2.29. The Balaban J connectivity index is 1.67. The van der Waals surface area contributed by atoms with E-state index in [1.54, 1.807) is 4.68 Å². The maximum atomic E-state index is 14.3. The minimum Gasteiger partial charge on any atom is -0.305 e. The lowest BCUT2D eigenvalue weighted by molar-refractivity contribution is 0.0918. The summed E-state index contributed by atoms with van der Waals surface area (Å²) >= 11 is 0. The average molecular weight is 449 g/mol.